The van der Waals surface area contributed by atoms with Gasteiger partial charge in [-0.2, -0.15) is 0 Å². The van der Waals surface area contributed by atoms with E-state index in [1.807, 2.05) is 0 Å². The number of aliphatic hydroxyl groups is 1. The molecule has 0 aromatic rings. The summed E-state index contributed by atoms with van der Waals surface area (Å²) in [7, 11) is 0. The number of hydrogen-bond acceptors (Lipinski definition) is 4. The molecule has 0 radical (unpaired) electrons. The lowest BCUT2D eigenvalue weighted by atomic mass is 10.3. The van der Waals surface area contributed by atoms with Crippen LogP contribution >= 0.6 is 0 Å². The topological polar surface area (TPSA) is 78.8 Å². The lowest BCUT2D eigenvalue weighted by molar-refractivity contribution is -0.136. The van der Waals surface area contributed by atoms with Crippen molar-refractivity contribution in [3.63, 3.8) is 0 Å². The molecule has 0 aromatic heterocycles. The maximum Gasteiger partial charge on any atom is 0.317 e. The van der Waals surface area contributed by atoms with Gasteiger partial charge in [-0.1, -0.05) is 0 Å². The van der Waals surface area contributed by atoms with E-state index >= 15 is 0 Å². The van der Waals surface area contributed by atoms with E-state index in [9.17, 15) is 4.79 Å². The Balaban J connectivity index is 2.13. The summed E-state index contributed by atoms with van der Waals surface area (Å²) in [5, 5.41) is 19.8. The van der Waals surface area contributed by atoms with E-state index in [1.165, 1.54) is 0 Å². The summed E-state index contributed by atoms with van der Waals surface area (Å²) < 4.78 is 4.99. The Morgan fingerprint density at radius 3 is 2.91 bits per heavy atom. The zero-order valence-electron chi connectivity index (χ0n) is 5.99. The van der Waals surface area contributed by atoms with Crippen molar-refractivity contribution >= 4 is 5.97 Å². The number of aliphatic carboxylic acids is 1. The van der Waals surface area contributed by atoms with Gasteiger partial charge in [-0.25, -0.2) is 0 Å². The van der Waals surface area contributed by atoms with Crippen molar-refractivity contribution in [2.24, 2.45) is 0 Å². The number of carboxylic acids is 1. The molecule has 0 unspecified atom stereocenters. The molecule has 1 fully saturated rings. The van der Waals surface area contributed by atoms with Gasteiger partial charge in [-0.15, -0.1) is 0 Å². The van der Waals surface area contributed by atoms with Crippen molar-refractivity contribution in [1.29, 1.82) is 0 Å². The highest BCUT2D eigenvalue weighted by molar-refractivity contribution is 5.69. The summed E-state index contributed by atoms with van der Waals surface area (Å²) >= 11 is 0. The van der Waals surface area contributed by atoms with Gasteiger partial charge in [-0.05, 0) is 0 Å². The van der Waals surface area contributed by atoms with Gasteiger partial charge in [0.2, 0.25) is 0 Å². The SMILES string of the molecule is O=C(O)CN[C@H]1C[C@H](O)CO1. The van der Waals surface area contributed by atoms with Crippen LogP contribution in [-0.4, -0.2) is 41.7 Å². The Kier molecular flexibility index (Phi) is 2.81. The molecule has 1 saturated heterocycles. The second-order valence-corrected chi connectivity index (χ2v) is 2.49. The number of ether oxygens (including phenoxy) is 1. The molecule has 64 valence electrons. The maximum absolute atomic E-state index is 10.1. The third kappa shape index (κ3) is 2.83. The van der Waals surface area contributed by atoms with E-state index in [2.05, 4.69) is 5.32 Å². The van der Waals surface area contributed by atoms with Crippen molar-refractivity contribution in [2.75, 3.05) is 13.2 Å². The first kappa shape index (κ1) is 8.45. The Morgan fingerprint density at radius 1 is 1.73 bits per heavy atom. The molecule has 0 aliphatic carbocycles. The molecule has 11 heavy (non-hydrogen) atoms. The van der Waals surface area contributed by atoms with E-state index in [-0.39, 0.29) is 19.4 Å². The van der Waals surface area contributed by atoms with Crippen LogP contribution < -0.4 is 5.32 Å². The van der Waals surface area contributed by atoms with Crippen LogP contribution in [0.1, 0.15) is 6.42 Å². The predicted octanol–water partition coefficient (Wildman–Crippen LogP) is -1.23. The third-order valence-corrected chi connectivity index (χ3v) is 1.46. The molecule has 3 N–H and O–H groups in total. The van der Waals surface area contributed by atoms with Gasteiger partial charge in [0, 0.05) is 6.42 Å². The number of aliphatic hydroxyl groups excluding tert-OH is 1. The summed E-state index contributed by atoms with van der Waals surface area (Å²) in [6.07, 6.45) is -0.296. The fourth-order valence-corrected chi connectivity index (χ4v) is 0.954. The number of hydrogen-bond donors (Lipinski definition) is 3. The molecule has 0 saturated carbocycles. The van der Waals surface area contributed by atoms with E-state index < -0.39 is 12.1 Å². The molecule has 0 spiro atoms. The van der Waals surface area contributed by atoms with Gasteiger partial charge in [0.15, 0.2) is 0 Å². The molecule has 5 nitrogen and oxygen atoms in total. The lowest BCUT2D eigenvalue weighted by Crippen LogP contribution is -2.33. The zero-order chi connectivity index (χ0) is 8.27. The van der Waals surface area contributed by atoms with Crippen LogP contribution in [0.4, 0.5) is 0 Å². The molecular formula is C6H11NO4. The maximum atomic E-state index is 10.1. The minimum atomic E-state index is -0.921. The Labute approximate surface area is 64.0 Å². The number of rotatable bonds is 3. The van der Waals surface area contributed by atoms with E-state index in [0.717, 1.165) is 0 Å². The highest BCUT2D eigenvalue weighted by Gasteiger charge is 2.23. The second-order valence-electron chi connectivity index (χ2n) is 2.49. The van der Waals surface area contributed by atoms with Crippen LogP contribution in [0.5, 0.6) is 0 Å². The van der Waals surface area contributed by atoms with Gasteiger partial charge in [0.1, 0.15) is 6.23 Å². The molecule has 0 bridgehead atoms. The van der Waals surface area contributed by atoms with Crippen LogP contribution in [0.3, 0.4) is 0 Å². The molecule has 5 heteroatoms. The molecule has 0 amide bonds. The number of carboxylic acid groups (broad SMARTS) is 1. The van der Waals surface area contributed by atoms with Crippen LogP contribution in [0.2, 0.25) is 0 Å². The van der Waals surface area contributed by atoms with Crippen molar-refractivity contribution in [3.05, 3.63) is 0 Å². The molecule has 1 rings (SSSR count). The minimum Gasteiger partial charge on any atom is -0.480 e. The summed E-state index contributed by atoms with van der Waals surface area (Å²) in [5.74, 6) is -0.921. The van der Waals surface area contributed by atoms with Crippen molar-refractivity contribution in [2.45, 2.75) is 18.8 Å². The van der Waals surface area contributed by atoms with Gasteiger partial charge >= 0.3 is 5.97 Å². The molecular weight excluding hydrogens is 150 g/mol. The van der Waals surface area contributed by atoms with Crippen LogP contribution in [0.25, 0.3) is 0 Å². The van der Waals surface area contributed by atoms with Crippen LogP contribution in [0.15, 0.2) is 0 Å². The lowest BCUT2D eigenvalue weighted by Gasteiger charge is -2.08. The van der Waals surface area contributed by atoms with Crippen molar-refractivity contribution < 1.29 is 19.7 Å². The van der Waals surface area contributed by atoms with Gasteiger partial charge in [-0.3, -0.25) is 10.1 Å². The van der Waals surface area contributed by atoms with Gasteiger partial charge in [0.05, 0.1) is 19.3 Å². The molecule has 1 heterocycles. The van der Waals surface area contributed by atoms with Gasteiger partial charge in [0.25, 0.3) is 0 Å². The average molecular weight is 161 g/mol. The monoisotopic (exact) mass is 161 g/mol. The first-order chi connectivity index (χ1) is 5.18. The van der Waals surface area contributed by atoms with Crippen LogP contribution in [-0.2, 0) is 9.53 Å². The normalized spacial score (nSPS) is 30.6. The Morgan fingerprint density at radius 2 is 2.45 bits per heavy atom. The molecule has 2 atom stereocenters. The first-order valence-corrected chi connectivity index (χ1v) is 3.43. The summed E-state index contributed by atoms with van der Waals surface area (Å²) in [6, 6.07) is 0. The first-order valence-electron chi connectivity index (χ1n) is 3.43. The molecule has 0 aromatic carbocycles. The van der Waals surface area contributed by atoms with Crippen molar-refractivity contribution in [3.8, 4) is 0 Å². The smallest absolute Gasteiger partial charge is 0.317 e. The molecule has 1 aliphatic rings. The van der Waals surface area contributed by atoms with Crippen molar-refractivity contribution in [1.82, 2.24) is 5.32 Å². The average Bonchev–Trinajstić information content (AvgIpc) is 2.31. The predicted molar refractivity (Wildman–Crippen MR) is 36.0 cm³/mol. The number of nitrogens with one attached hydrogen (secondary N) is 1. The highest BCUT2D eigenvalue weighted by atomic mass is 16.5. The Bertz CT molecular complexity index is 150. The summed E-state index contributed by atoms with van der Waals surface area (Å²) in [6.45, 7) is 0.161. The summed E-state index contributed by atoms with van der Waals surface area (Å²) in [4.78, 5) is 10.1. The van der Waals surface area contributed by atoms with E-state index in [1.54, 1.807) is 0 Å². The summed E-state index contributed by atoms with van der Waals surface area (Å²) in [5.41, 5.74) is 0. The fraction of sp³-hybridized carbons (Fsp3) is 0.833. The van der Waals surface area contributed by atoms with Crippen LogP contribution in [0, 0.1) is 0 Å². The molecule has 1 aliphatic heterocycles. The van der Waals surface area contributed by atoms with Gasteiger partial charge < -0.3 is 14.9 Å². The second kappa shape index (κ2) is 3.66. The minimum absolute atomic E-state index is 0.128. The number of carbonyl (C=O) groups is 1. The third-order valence-electron chi connectivity index (χ3n) is 1.46. The standard InChI is InChI=1S/C6H11NO4/c8-4-1-5(11-3-4)7-2-6(9)10/h4-5,7-8H,1-3H2,(H,9,10)/t4-,5+/m0/s1. The highest BCUT2D eigenvalue weighted by Crippen LogP contribution is 2.09. The quantitative estimate of drug-likeness (QED) is 0.483. The zero-order valence-corrected chi connectivity index (χ0v) is 5.99. The van der Waals surface area contributed by atoms with E-state index in [0.29, 0.717) is 6.42 Å². The van der Waals surface area contributed by atoms with E-state index in [4.69, 9.17) is 14.9 Å². The fourth-order valence-electron chi connectivity index (χ4n) is 0.954. The Hall–Kier alpha value is -0.650. The largest absolute Gasteiger partial charge is 0.480 e.